The largest absolute Gasteiger partial charge is 0.463 e. The maximum atomic E-state index is 11.9. The maximum absolute atomic E-state index is 11.9. The quantitative estimate of drug-likeness (QED) is 0.0813. The van der Waals surface area contributed by atoms with Gasteiger partial charge in [-0.1, -0.05) is 143 Å². The van der Waals surface area contributed by atoms with Gasteiger partial charge in [-0.05, 0) is 18.8 Å². The van der Waals surface area contributed by atoms with Crippen molar-refractivity contribution in [3.8, 4) is 0 Å². The van der Waals surface area contributed by atoms with E-state index >= 15 is 0 Å². The van der Waals surface area contributed by atoms with E-state index in [1.54, 1.807) is 0 Å². The lowest BCUT2D eigenvalue weighted by Crippen LogP contribution is -2.25. The van der Waals surface area contributed by atoms with Gasteiger partial charge in [0.2, 0.25) is 0 Å². The van der Waals surface area contributed by atoms with Crippen LogP contribution in [0.5, 0.6) is 0 Å². The van der Waals surface area contributed by atoms with Crippen molar-refractivity contribution in [2.75, 3.05) is 13.2 Å². The summed E-state index contributed by atoms with van der Waals surface area (Å²) >= 11 is 0. The zero-order valence-electron chi connectivity index (χ0n) is 24.9. The van der Waals surface area contributed by atoms with Gasteiger partial charge >= 0.3 is 11.9 Å². The lowest BCUT2D eigenvalue weighted by Gasteiger charge is -2.12. The Morgan fingerprint density at radius 1 is 0.541 bits per heavy atom. The molecule has 0 fully saturated rings. The highest BCUT2D eigenvalue weighted by Crippen LogP contribution is 2.14. The van der Waals surface area contributed by atoms with Crippen molar-refractivity contribution in [2.45, 2.75) is 175 Å². The molecule has 1 atom stereocenters. The molecule has 5 nitrogen and oxygen atoms in total. The van der Waals surface area contributed by atoms with Crippen LogP contribution < -0.4 is 0 Å². The predicted octanol–water partition coefficient (Wildman–Crippen LogP) is 9.08. The first-order valence-corrected chi connectivity index (χ1v) is 15.9. The van der Waals surface area contributed by atoms with Gasteiger partial charge in [-0.2, -0.15) is 0 Å². The third kappa shape index (κ3) is 29.3. The highest BCUT2D eigenvalue weighted by Gasteiger charge is 2.12. The number of carbonyl (C=O) groups excluding carboxylic acids is 2. The summed E-state index contributed by atoms with van der Waals surface area (Å²) in [5.74, 6) is 0.216. The number of esters is 2. The first kappa shape index (κ1) is 35.9. The molecule has 37 heavy (non-hydrogen) atoms. The van der Waals surface area contributed by atoms with Crippen molar-refractivity contribution >= 4 is 11.9 Å². The molecule has 0 heterocycles. The number of hydrogen-bond acceptors (Lipinski definition) is 5. The van der Waals surface area contributed by atoms with E-state index < -0.39 is 6.10 Å². The van der Waals surface area contributed by atoms with E-state index in [2.05, 4.69) is 20.8 Å². The Balaban J connectivity index is 3.41. The molecule has 0 saturated carbocycles. The first-order valence-electron chi connectivity index (χ1n) is 15.9. The van der Waals surface area contributed by atoms with Crippen molar-refractivity contribution in [1.82, 2.24) is 0 Å². The summed E-state index contributed by atoms with van der Waals surface area (Å²) in [6.07, 6.45) is 25.9. The van der Waals surface area contributed by atoms with Crippen LogP contribution in [0, 0.1) is 5.92 Å². The highest BCUT2D eigenvalue weighted by atomic mass is 16.6. The predicted molar refractivity (Wildman–Crippen MR) is 155 cm³/mol. The fourth-order valence-corrected chi connectivity index (χ4v) is 4.56. The molecule has 0 aliphatic rings. The van der Waals surface area contributed by atoms with Gasteiger partial charge in [0.1, 0.15) is 19.3 Å². The van der Waals surface area contributed by atoms with Gasteiger partial charge in [-0.15, -0.1) is 0 Å². The summed E-state index contributed by atoms with van der Waals surface area (Å²) < 4.78 is 10.2. The number of carbonyl (C=O) groups is 2. The highest BCUT2D eigenvalue weighted by molar-refractivity contribution is 5.69. The molecule has 0 rings (SSSR count). The van der Waals surface area contributed by atoms with Gasteiger partial charge < -0.3 is 14.6 Å². The second-order valence-corrected chi connectivity index (χ2v) is 11.4. The Morgan fingerprint density at radius 3 is 1.22 bits per heavy atom. The molecule has 0 radical (unpaired) electrons. The SMILES string of the molecule is CCCCCCCCCCCCCCCCC(=O)OC[C@H](O)COC(=O)CCCCCCCCC(C)C. The average molecular weight is 527 g/mol. The molecule has 0 spiro atoms. The molecule has 0 aromatic rings. The zero-order valence-corrected chi connectivity index (χ0v) is 24.9. The number of aliphatic hydroxyl groups is 1. The standard InChI is InChI=1S/C32H62O5/c1-4-5-6-7-8-9-10-11-12-13-14-15-19-22-25-31(34)36-27-30(33)28-37-32(35)26-23-20-17-16-18-21-24-29(2)3/h29-30,33H,4-28H2,1-3H3/t30-/m0/s1. The third-order valence-corrected chi connectivity index (χ3v) is 7.02. The van der Waals surface area contributed by atoms with Gasteiger partial charge in [-0.3, -0.25) is 9.59 Å². The Bertz CT molecular complexity index is 505. The number of aliphatic hydroxyl groups excluding tert-OH is 1. The second kappa shape index (κ2) is 27.9. The van der Waals surface area contributed by atoms with Gasteiger partial charge in [0.25, 0.3) is 0 Å². The minimum atomic E-state index is -0.954. The van der Waals surface area contributed by atoms with Crippen LogP contribution in [0.1, 0.15) is 168 Å². The van der Waals surface area contributed by atoms with Crippen LogP contribution >= 0.6 is 0 Å². The summed E-state index contributed by atoms with van der Waals surface area (Å²) in [6, 6.07) is 0. The van der Waals surface area contributed by atoms with Crippen LogP contribution in [0.25, 0.3) is 0 Å². The van der Waals surface area contributed by atoms with Crippen LogP contribution in [0.15, 0.2) is 0 Å². The minimum absolute atomic E-state index is 0.110. The molecule has 0 aliphatic carbocycles. The molecule has 0 aliphatic heterocycles. The van der Waals surface area contributed by atoms with Gasteiger partial charge in [0.05, 0.1) is 0 Å². The number of hydrogen-bond donors (Lipinski definition) is 1. The molecule has 0 saturated heterocycles. The Labute approximate surface area is 229 Å². The van der Waals surface area contributed by atoms with Crippen molar-refractivity contribution in [2.24, 2.45) is 5.92 Å². The van der Waals surface area contributed by atoms with Crippen LogP contribution in [0.3, 0.4) is 0 Å². The molecular weight excluding hydrogens is 464 g/mol. The summed E-state index contributed by atoms with van der Waals surface area (Å²) in [4.78, 5) is 23.7. The second-order valence-electron chi connectivity index (χ2n) is 11.4. The fraction of sp³-hybridized carbons (Fsp3) is 0.938. The Hall–Kier alpha value is -1.10. The summed E-state index contributed by atoms with van der Waals surface area (Å²) in [5.41, 5.74) is 0. The van der Waals surface area contributed by atoms with Gasteiger partial charge in [0, 0.05) is 12.8 Å². The topological polar surface area (TPSA) is 72.8 Å². The van der Waals surface area contributed by atoms with Gasteiger partial charge in [0.15, 0.2) is 0 Å². The molecule has 220 valence electrons. The normalized spacial score (nSPS) is 12.1. The average Bonchev–Trinajstić information content (AvgIpc) is 2.87. The van der Waals surface area contributed by atoms with Gasteiger partial charge in [-0.25, -0.2) is 0 Å². The molecular formula is C32H62O5. The number of rotatable bonds is 28. The molecule has 0 bridgehead atoms. The molecule has 5 heteroatoms. The Morgan fingerprint density at radius 2 is 0.865 bits per heavy atom. The molecule has 0 unspecified atom stereocenters. The van der Waals surface area contributed by atoms with Crippen LogP contribution in [-0.4, -0.2) is 36.4 Å². The van der Waals surface area contributed by atoms with E-state index in [1.807, 2.05) is 0 Å². The van der Waals surface area contributed by atoms with Crippen molar-refractivity contribution in [3.05, 3.63) is 0 Å². The van der Waals surface area contributed by atoms with Crippen molar-refractivity contribution in [3.63, 3.8) is 0 Å². The third-order valence-electron chi connectivity index (χ3n) is 7.02. The molecule has 0 aromatic carbocycles. The van der Waals surface area contributed by atoms with Crippen LogP contribution in [0.2, 0.25) is 0 Å². The molecule has 0 amide bonds. The lowest BCUT2D eigenvalue weighted by atomic mass is 10.0. The van der Waals surface area contributed by atoms with E-state index in [1.165, 1.54) is 103 Å². The molecule has 0 aromatic heterocycles. The summed E-state index contributed by atoms with van der Waals surface area (Å²) in [5, 5.41) is 9.92. The summed E-state index contributed by atoms with van der Waals surface area (Å²) in [7, 11) is 0. The van der Waals surface area contributed by atoms with Crippen LogP contribution in [-0.2, 0) is 19.1 Å². The first-order chi connectivity index (χ1) is 18.0. The monoisotopic (exact) mass is 526 g/mol. The number of unbranched alkanes of at least 4 members (excludes halogenated alkanes) is 18. The Kier molecular flexibility index (Phi) is 27.1. The van der Waals surface area contributed by atoms with E-state index in [0.29, 0.717) is 12.8 Å². The van der Waals surface area contributed by atoms with Crippen molar-refractivity contribution in [1.29, 1.82) is 0 Å². The zero-order chi connectivity index (χ0) is 27.4. The summed E-state index contributed by atoms with van der Waals surface area (Å²) in [6.45, 7) is 6.56. The van der Waals surface area contributed by atoms with E-state index in [9.17, 15) is 14.7 Å². The fourth-order valence-electron chi connectivity index (χ4n) is 4.56. The van der Waals surface area contributed by atoms with E-state index in [4.69, 9.17) is 9.47 Å². The smallest absolute Gasteiger partial charge is 0.305 e. The minimum Gasteiger partial charge on any atom is -0.463 e. The van der Waals surface area contributed by atoms with Crippen molar-refractivity contribution < 1.29 is 24.2 Å². The molecule has 1 N–H and O–H groups in total. The number of ether oxygens (including phenoxy) is 2. The van der Waals surface area contributed by atoms with E-state index in [0.717, 1.165) is 38.0 Å². The van der Waals surface area contributed by atoms with E-state index in [-0.39, 0.29) is 25.2 Å². The lowest BCUT2D eigenvalue weighted by molar-refractivity contribution is -0.152. The maximum Gasteiger partial charge on any atom is 0.305 e. The van der Waals surface area contributed by atoms with Crippen LogP contribution in [0.4, 0.5) is 0 Å².